The van der Waals surface area contributed by atoms with Gasteiger partial charge in [-0.15, -0.1) is 0 Å². The van der Waals surface area contributed by atoms with E-state index in [0.717, 1.165) is 30.7 Å². The maximum absolute atomic E-state index is 11.8. The van der Waals surface area contributed by atoms with Crippen LogP contribution in [0.15, 0.2) is 17.1 Å². The second-order valence-corrected chi connectivity index (χ2v) is 8.51. The van der Waals surface area contributed by atoms with Gasteiger partial charge >= 0.3 is 33.2 Å². The summed E-state index contributed by atoms with van der Waals surface area (Å²) in [5.41, 5.74) is 5.92. The summed E-state index contributed by atoms with van der Waals surface area (Å²) >= 11 is 0.382. The Kier molecular flexibility index (Phi) is 9.68. The van der Waals surface area contributed by atoms with Crippen LogP contribution in [0.25, 0.3) is 0 Å². The molecule has 2 rings (SSSR count). The zero-order chi connectivity index (χ0) is 19.1. The zero-order valence-electron chi connectivity index (χ0n) is 15.8. The first kappa shape index (κ1) is 22.6. The Balaban J connectivity index is 0.000000970. The Labute approximate surface area is 166 Å². The van der Waals surface area contributed by atoms with E-state index in [0.29, 0.717) is 12.9 Å². The predicted molar refractivity (Wildman–Crippen MR) is 105 cm³/mol. The normalized spacial score (nSPS) is 21.7. The van der Waals surface area contributed by atoms with Gasteiger partial charge < -0.3 is 0 Å². The van der Waals surface area contributed by atoms with Crippen LogP contribution in [-0.2, 0) is 17.7 Å². The number of rotatable bonds is 3. The summed E-state index contributed by atoms with van der Waals surface area (Å²) in [6, 6.07) is 4.68. The standard InChI is InChI=1S/C19H28N2O.2ClH.Co/c1-12-10-13(2)19(14(3)11-12)20-15(4)17-8-7-9-18(16(5)22)21(17)6;;;/h10-11,17-18H,7-9H2,1-6H3;2*1H;/q;;;+2/p-2. The van der Waals surface area contributed by atoms with E-state index in [-0.39, 0.29) is 17.9 Å². The molecule has 0 aromatic heterocycles. The molecule has 1 aromatic rings. The molecule has 143 valence electrons. The van der Waals surface area contributed by atoms with E-state index in [1.165, 1.54) is 16.7 Å². The van der Waals surface area contributed by atoms with Crippen molar-refractivity contribution in [2.24, 2.45) is 4.99 Å². The van der Waals surface area contributed by atoms with Crippen LogP contribution in [0.3, 0.4) is 0 Å². The molecule has 1 heterocycles. The van der Waals surface area contributed by atoms with Crippen molar-refractivity contribution in [2.45, 2.75) is 66.0 Å². The Morgan fingerprint density at radius 2 is 1.60 bits per heavy atom. The fourth-order valence-corrected chi connectivity index (χ4v) is 3.72. The number of aliphatic imine (C=N–C) groups is 1. The van der Waals surface area contributed by atoms with Crippen LogP contribution < -0.4 is 0 Å². The van der Waals surface area contributed by atoms with Gasteiger partial charge in [-0.1, -0.05) is 17.7 Å². The number of piperidine rings is 1. The second-order valence-electron chi connectivity index (χ2n) is 6.79. The van der Waals surface area contributed by atoms with Gasteiger partial charge in [0.25, 0.3) is 0 Å². The number of nitrogens with zero attached hydrogens (tertiary/aromatic N) is 2. The van der Waals surface area contributed by atoms with Crippen molar-refractivity contribution >= 4 is 37.5 Å². The molecule has 25 heavy (non-hydrogen) atoms. The number of hydrogen-bond acceptors (Lipinski definition) is 3. The van der Waals surface area contributed by atoms with Gasteiger partial charge in [0.05, 0.1) is 11.7 Å². The number of Topliss-reactive ketones (excluding diaryl/α,β-unsaturated/α-hetero) is 1. The number of aryl methyl sites for hydroxylation is 3. The van der Waals surface area contributed by atoms with Crippen molar-refractivity contribution in [1.82, 2.24) is 4.90 Å². The maximum atomic E-state index is 11.8. The Morgan fingerprint density at radius 3 is 2.08 bits per heavy atom. The third-order valence-electron chi connectivity index (χ3n) is 4.81. The number of carbonyl (C=O) groups is 1. The molecule has 6 heteroatoms. The molecule has 2 atom stereocenters. The molecule has 0 bridgehead atoms. The van der Waals surface area contributed by atoms with Crippen molar-refractivity contribution in [2.75, 3.05) is 7.05 Å². The summed E-state index contributed by atoms with van der Waals surface area (Å²) in [5.74, 6) is 0.266. The number of likely N-dealkylation sites (N-methyl/N-ethyl adjacent to an activating group) is 1. The second kappa shape index (κ2) is 10.7. The molecule has 0 radical (unpaired) electrons. The van der Waals surface area contributed by atoms with Crippen molar-refractivity contribution < 1.29 is 17.7 Å². The van der Waals surface area contributed by atoms with Gasteiger partial charge in [-0.05, 0) is 72.1 Å². The third kappa shape index (κ3) is 6.37. The first-order valence-electron chi connectivity index (χ1n) is 8.42. The van der Waals surface area contributed by atoms with Crippen LogP contribution >= 0.6 is 20.3 Å². The molecule has 0 N–H and O–H groups in total. The molecule has 1 saturated heterocycles. The van der Waals surface area contributed by atoms with E-state index in [1.54, 1.807) is 6.92 Å². The van der Waals surface area contributed by atoms with Gasteiger partial charge in [0, 0.05) is 11.8 Å². The third-order valence-corrected chi connectivity index (χ3v) is 4.81. The average molecular weight is 430 g/mol. The van der Waals surface area contributed by atoms with Gasteiger partial charge in [0.2, 0.25) is 0 Å². The van der Waals surface area contributed by atoms with E-state index >= 15 is 0 Å². The van der Waals surface area contributed by atoms with Gasteiger partial charge in [-0.25, -0.2) is 0 Å². The van der Waals surface area contributed by atoms with Gasteiger partial charge in [0.1, 0.15) is 5.78 Å². The van der Waals surface area contributed by atoms with Crippen LogP contribution in [0.2, 0.25) is 0 Å². The molecule has 3 nitrogen and oxygen atoms in total. The van der Waals surface area contributed by atoms with Crippen LogP contribution in [0.1, 0.15) is 49.8 Å². The summed E-state index contributed by atoms with van der Waals surface area (Å²) in [7, 11) is 11.5. The zero-order valence-corrected chi connectivity index (χ0v) is 18.4. The molecule has 2 unspecified atom stereocenters. The van der Waals surface area contributed by atoms with E-state index in [4.69, 9.17) is 25.3 Å². The fraction of sp³-hybridized carbons (Fsp3) is 0.579. The topological polar surface area (TPSA) is 32.7 Å². The summed E-state index contributed by atoms with van der Waals surface area (Å²) in [5, 5.41) is 0. The molecular formula is C19H28Cl2CoN2O. The summed E-state index contributed by atoms with van der Waals surface area (Å²) in [6.45, 7) is 10.2. The van der Waals surface area contributed by atoms with Crippen LogP contribution in [-0.4, -0.2) is 35.5 Å². The summed E-state index contributed by atoms with van der Waals surface area (Å²) in [6.07, 6.45) is 3.15. The number of ketones is 1. The molecule has 0 spiro atoms. The van der Waals surface area contributed by atoms with Crippen LogP contribution in [0.5, 0.6) is 0 Å². The van der Waals surface area contributed by atoms with Crippen molar-refractivity contribution in [3.8, 4) is 0 Å². The quantitative estimate of drug-likeness (QED) is 0.592. The molecule has 1 aliphatic rings. The number of benzene rings is 1. The van der Waals surface area contributed by atoms with E-state index in [9.17, 15) is 4.79 Å². The van der Waals surface area contributed by atoms with Crippen LogP contribution in [0, 0.1) is 20.8 Å². The summed E-state index contributed by atoms with van der Waals surface area (Å²) < 4.78 is 0. The molecule has 1 aliphatic heterocycles. The number of halogens is 2. The van der Waals surface area contributed by atoms with Crippen molar-refractivity contribution in [1.29, 1.82) is 0 Å². The first-order valence-corrected chi connectivity index (χ1v) is 11.3. The number of carbonyl (C=O) groups excluding carboxylic acids is 1. The van der Waals surface area contributed by atoms with Gasteiger partial charge in [0.15, 0.2) is 0 Å². The van der Waals surface area contributed by atoms with Crippen LogP contribution in [0.4, 0.5) is 5.69 Å². The average Bonchev–Trinajstić information content (AvgIpc) is 2.51. The molecule has 0 aliphatic carbocycles. The SMILES string of the molecule is CC(=O)C1CCCC(C(C)=Nc2c(C)cc(C)cc2C)N1C.[Cl][Co][Cl]. The Bertz CT molecular complexity index is 611. The van der Waals surface area contributed by atoms with Gasteiger partial charge in [-0.2, -0.15) is 0 Å². The monoisotopic (exact) mass is 429 g/mol. The van der Waals surface area contributed by atoms with Gasteiger partial charge in [-0.3, -0.25) is 14.7 Å². The minimum atomic E-state index is 0.0455. The van der Waals surface area contributed by atoms with Crippen molar-refractivity contribution in [3.63, 3.8) is 0 Å². The molecular weight excluding hydrogens is 402 g/mol. The molecule has 1 aromatic carbocycles. The minimum absolute atomic E-state index is 0.0455. The van der Waals surface area contributed by atoms with E-state index < -0.39 is 0 Å². The molecule has 1 fully saturated rings. The Morgan fingerprint density at radius 1 is 1.12 bits per heavy atom. The predicted octanol–water partition coefficient (Wildman–Crippen LogP) is 5.52. The number of hydrogen-bond donors (Lipinski definition) is 0. The van der Waals surface area contributed by atoms with E-state index in [1.807, 2.05) is 0 Å². The molecule has 0 saturated carbocycles. The van der Waals surface area contributed by atoms with E-state index in [2.05, 4.69) is 51.8 Å². The van der Waals surface area contributed by atoms with Crippen molar-refractivity contribution in [3.05, 3.63) is 28.8 Å². The Hall–Kier alpha value is -0.394. The first-order chi connectivity index (χ1) is 11.7. The molecule has 0 amide bonds. The number of likely N-dealkylation sites (tertiary alicyclic amines) is 1. The summed E-state index contributed by atoms with van der Waals surface area (Å²) in [4.78, 5) is 18.9. The fourth-order valence-electron chi connectivity index (χ4n) is 3.72.